The van der Waals surface area contributed by atoms with E-state index >= 15 is 0 Å². The Kier molecular flexibility index (Phi) is 5.22. The molecule has 7 heteroatoms. The summed E-state index contributed by atoms with van der Waals surface area (Å²) in [5.74, 6) is -0.0549. The molecule has 2 aromatic heterocycles. The van der Waals surface area contributed by atoms with E-state index in [2.05, 4.69) is 21.9 Å². The van der Waals surface area contributed by atoms with Crippen molar-refractivity contribution in [3.05, 3.63) is 42.5 Å². The van der Waals surface area contributed by atoms with Crippen LogP contribution in [0.2, 0.25) is 0 Å². The highest BCUT2D eigenvalue weighted by molar-refractivity contribution is 5.92. The SMILES string of the molecule is CCC(CO)N1CCN(C(=O)c2cc(-n3cccn3)ccn2)CC1. The molecule has 1 fully saturated rings. The first kappa shape index (κ1) is 16.6. The third-order valence-corrected chi connectivity index (χ3v) is 4.53. The van der Waals surface area contributed by atoms with Gasteiger partial charge < -0.3 is 10.0 Å². The number of aromatic nitrogens is 3. The van der Waals surface area contributed by atoms with Gasteiger partial charge in [-0.15, -0.1) is 0 Å². The fraction of sp³-hybridized carbons (Fsp3) is 0.471. The quantitative estimate of drug-likeness (QED) is 0.878. The second-order valence-electron chi connectivity index (χ2n) is 5.92. The van der Waals surface area contributed by atoms with Gasteiger partial charge >= 0.3 is 0 Å². The zero-order valence-corrected chi connectivity index (χ0v) is 13.9. The molecule has 1 unspecified atom stereocenters. The van der Waals surface area contributed by atoms with E-state index in [0.29, 0.717) is 18.8 Å². The second kappa shape index (κ2) is 7.55. The Bertz CT molecular complexity index is 661. The van der Waals surface area contributed by atoms with Crippen molar-refractivity contribution < 1.29 is 9.90 Å². The number of carbonyl (C=O) groups excluding carboxylic acids is 1. The van der Waals surface area contributed by atoms with Crippen LogP contribution in [0, 0.1) is 0 Å². The number of hydrogen-bond acceptors (Lipinski definition) is 5. The van der Waals surface area contributed by atoms with Gasteiger partial charge in [-0.05, 0) is 24.6 Å². The lowest BCUT2D eigenvalue weighted by Crippen LogP contribution is -2.52. The lowest BCUT2D eigenvalue weighted by atomic mass is 10.1. The second-order valence-corrected chi connectivity index (χ2v) is 5.92. The fourth-order valence-electron chi connectivity index (χ4n) is 3.06. The molecular weight excluding hydrogens is 306 g/mol. The molecule has 3 heterocycles. The molecule has 3 rings (SSSR count). The summed E-state index contributed by atoms with van der Waals surface area (Å²) in [7, 11) is 0. The predicted octanol–water partition coefficient (Wildman–Crippen LogP) is 0.796. The average Bonchev–Trinajstić information content (AvgIpc) is 3.18. The number of piperazine rings is 1. The number of carbonyl (C=O) groups is 1. The largest absolute Gasteiger partial charge is 0.395 e. The molecule has 1 aliphatic heterocycles. The molecular formula is C17H23N5O2. The normalized spacial score (nSPS) is 17.0. The molecule has 0 spiro atoms. The molecule has 0 saturated carbocycles. The van der Waals surface area contributed by atoms with E-state index in [1.807, 2.05) is 23.2 Å². The summed E-state index contributed by atoms with van der Waals surface area (Å²) in [6.07, 6.45) is 6.09. The van der Waals surface area contributed by atoms with Crippen molar-refractivity contribution in [2.24, 2.45) is 0 Å². The van der Waals surface area contributed by atoms with Crippen LogP contribution >= 0.6 is 0 Å². The van der Waals surface area contributed by atoms with Crippen LogP contribution in [0.15, 0.2) is 36.8 Å². The van der Waals surface area contributed by atoms with Gasteiger partial charge in [-0.3, -0.25) is 14.7 Å². The van der Waals surface area contributed by atoms with E-state index in [4.69, 9.17) is 0 Å². The molecule has 0 aliphatic carbocycles. The molecule has 24 heavy (non-hydrogen) atoms. The summed E-state index contributed by atoms with van der Waals surface area (Å²) in [6, 6.07) is 5.62. The first-order chi connectivity index (χ1) is 11.7. The number of nitrogens with zero attached hydrogens (tertiary/aromatic N) is 5. The maximum Gasteiger partial charge on any atom is 0.272 e. The van der Waals surface area contributed by atoms with Crippen molar-refractivity contribution in [1.82, 2.24) is 24.6 Å². The van der Waals surface area contributed by atoms with Crippen LogP contribution < -0.4 is 0 Å². The van der Waals surface area contributed by atoms with Gasteiger partial charge in [0.2, 0.25) is 0 Å². The molecule has 1 aliphatic rings. The highest BCUT2D eigenvalue weighted by Crippen LogP contribution is 2.13. The first-order valence-electron chi connectivity index (χ1n) is 8.33. The maximum atomic E-state index is 12.7. The monoisotopic (exact) mass is 329 g/mol. The van der Waals surface area contributed by atoms with Crippen LogP contribution in [-0.2, 0) is 0 Å². The van der Waals surface area contributed by atoms with Crippen LogP contribution in [0.1, 0.15) is 23.8 Å². The van der Waals surface area contributed by atoms with Crippen molar-refractivity contribution in [1.29, 1.82) is 0 Å². The van der Waals surface area contributed by atoms with E-state index in [1.165, 1.54) is 0 Å². The number of rotatable bonds is 5. The molecule has 128 valence electrons. The summed E-state index contributed by atoms with van der Waals surface area (Å²) in [4.78, 5) is 21.0. The summed E-state index contributed by atoms with van der Waals surface area (Å²) >= 11 is 0. The zero-order valence-electron chi connectivity index (χ0n) is 13.9. The topological polar surface area (TPSA) is 74.5 Å². The van der Waals surface area contributed by atoms with Gasteiger partial charge in [0.15, 0.2) is 0 Å². The fourth-order valence-corrected chi connectivity index (χ4v) is 3.06. The van der Waals surface area contributed by atoms with Crippen molar-refractivity contribution >= 4 is 5.91 Å². The Morgan fingerprint density at radius 3 is 2.71 bits per heavy atom. The summed E-state index contributed by atoms with van der Waals surface area (Å²) in [5.41, 5.74) is 1.26. The molecule has 1 amide bonds. The molecule has 2 aromatic rings. The highest BCUT2D eigenvalue weighted by Gasteiger charge is 2.26. The van der Waals surface area contributed by atoms with Gasteiger partial charge in [0.1, 0.15) is 5.69 Å². The van der Waals surface area contributed by atoms with E-state index in [1.54, 1.807) is 23.1 Å². The maximum absolute atomic E-state index is 12.7. The number of hydrogen-bond donors (Lipinski definition) is 1. The highest BCUT2D eigenvalue weighted by atomic mass is 16.3. The zero-order chi connectivity index (χ0) is 16.9. The Hall–Kier alpha value is -2.25. The van der Waals surface area contributed by atoms with Gasteiger partial charge in [0, 0.05) is 50.8 Å². The lowest BCUT2D eigenvalue weighted by Gasteiger charge is -2.38. The molecule has 0 bridgehead atoms. The van der Waals surface area contributed by atoms with E-state index < -0.39 is 0 Å². The Morgan fingerprint density at radius 2 is 2.08 bits per heavy atom. The van der Waals surface area contributed by atoms with Gasteiger partial charge in [-0.2, -0.15) is 5.10 Å². The first-order valence-corrected chi connectivity index (χ1v) is 8.33. The van der Waals surface area contributed by atoms with E-state index in [9.17, 15) is 9.90 Å². The number of amides is 1. The molecule has 1 atom stereocenters. The van der Waals surface area contributed by atoms with E-state index in [0.717, 1.165) is 25.2 Å². The summed E-state index contributed by atoms with van der Waals surface area (Å²) < 4.78 is 1.71. The van der Waals surface area contributed by atoms with Crippen molar-refractivity contribution in [3.8, 4) is 5.69 Å². The number of aliphatic hydroxyl groups excluding tert-OH is 1. The Labute approximate surface area is 141 Å². The third kappa shape index (κ3) is 3.47. The summed E-state index contributed by atoms with van der Waals surface area (Å²) in [5, 5.41) is 13.6. The minimum atomic E-state index is -0.0549. The molecule has 0 aromatic carbocycles. The number of pyridine rings is 1. The van der Waals surface area contributed by atoms with Gasteiger partial charge in [-0.25, -0.2) is 4.68 Å². The minimum Gasteiger partial charge on any atom is -0.395 e. The molecule has 0 radical (unpaired) electrons. The van der Waals surface area contributed by atoms with Crippen LogP contribution in [0.25, 0.3) is 5.69 Å². The van der Waals surface area contributed by atoms with Gasteiger partial charge in [0.25, 0.3) is 5.91 Å². The average molecular weight is 329 g/mol. The number of aliphatic hydroxyl groups is 1. The molecule has 7 nitrogen and oxygen atoms in total. The minimum absolute atomic E-state index is 0.0549. The Morgan fingerprint density at radius 1 is 1.29 bits per heavy atom. The van der Waals surface area contributed by atoms with Crippen LogP contribution in [0.4, 0.5) is 0 Å². The van der Waals surface area contributed by atoms with Crippen LogP contribution in [0.3, 0.4) is 0 Å². The Balaban J connectivity index is 1.67. The van der Waals surface area contributed by atoms with Crippen LogP contribution in [-0.4, -0.2) is 74.4 Å². The smallest absolute Gasteiger partial charge is 0.272 e. The summed E-state index contributed by atoms with van der Waals surface area (Å²) in [6.45, 7) is 5.11. The molecule has 1 saturated heterocycles. The predicted molar refractivity (Wildman–Crippen MR) is 90.0 cm³/mol. The lowest BCUT2D eigenvalue weighted by molar-refractivity contribution is 0.0468. The van der Waals surface area contributed by atoms with Crippen molar-refractivity contribution in [2.45, 2.75) is 19.4 Å². The van der Waals surface area contributed by atoms with Gasteiger partial charge in [0.05, 0.1) is 12.3 Å². The third-order valence-electron chi connectivity index (χ3n) is 4.53. The van der Waals surface area contributed by atoms with Crippen molar-refractivity contribution in [2.75, 3.05) is 32.8 Å². The van der Waals surface area contributed by atoms with E-state index in [-0.39, 0.29) is 18.6 Å². The van der Waals surface area contributed by atoms with Gasteiger partial charge in [-0.1, -0.05) is 6.92 Å². The standard InChI is InChI=1S/C17H23N5O2/c1-2-14(13-23)20-8-10-21(11-9-20)17(24)16-12-15(4-6-18-16)22-7-3-5-19-22/h3-7,12,14,23H,2,8-11,13H2,1H3. The van der Waals surface area contributed by atoms with Crippen molar-refractivity contribution in [3.63, 3.8) is 0 Å². The van der Waals surface area contributed by atoms with Crippen LogP contribution in [0.5, 0.6) is 0 Å². The molecule has 1 N–H and O–H groups in total.